The summed E-state index contributed by atoms with van der Waals surface area (Å²) in [5.74, 6) is 1.68. The van der Waals surface area contributed by atoms with Crippen LogP contribution in [0.1, 0.15) is 53.4 Å². The Labute approximate surface area is 139 Å². The number of carbonyl (C=O) groups is 1. The number of hydrogen-bond acceptors (Lipinski definition) is 4. The molecule has 0 heterocycles. The van der Waals surface area contributed by atoms with E-state index in [9.17, 15) is 9.90 Å². The molecule has 1 fully saturated rings. The van der Waals surface area contributed by atoms with Crippen molar-refractivity contribution in [1.82, 2.24) is 0 Å². The Bertz CT molecular complexity index is 503. The second kappa shape index (κ2) is 7.41. The number of rotatable bonds is 4. The second-order valence-electron chi connectivity index (χ2n) is 7.49. The SMILES string of the molecule is COC1=CC(O)=C(C(=O)O[C@@H]2C[C@H](C)CC[C@H]2C(C)C)[C@@H](C)C1. The number of hydrogen-bond donors (Lipinski definition) is 1. The summed E-state index contributed by atoms with van der Waals surface area (Å²) in [5.41, 5.74) is 0.381. The quantitative estimate of drug-likeness (QED) is 0.781. The Morgan fingerprint density at radius 2 is 2.00 bits per heavy atom. The van der Waals surface area contributed by atoms with Crippen LogP contribution in [0.15, 0.2) is 23.2 Å². The van der Waals surface area contributed by atoms with E-state index in [1.807, 2.05) is 6.92 Å². The first-order valence-electron chi connectivity index (χ1n) is 8.72. The van der Waals surface area contributed by atoms with Gasteiger partial charge in [0.25, 0.3) is 0 Å². The largest absolute Gasteiger partial charge is 0.507 e. The van der Waals surface area contributed by atoms with Gasteiger partial charge in [0.1, 0.15) is 11.9 Å². The van der Waals surface area contributed by atoms with Gasteiger partial charge >= 0.3 is 5.97 Å². The summed E-state index contributed by atoms with van der Waals surface area (Å²) in [4.78, 5) is 12.6. The first-order chi connectivity index (χ1) is 10.8. The summed E-state index contributed by atoms with van der Waals surface area (Å²) in [6, 6.07) is 0. The van der Waals surface area contributed by atoms with Crippen LogP contribution in [0, 0.1) is 23.7 Å². The fraction of sp³-hybridized carbons (Fsp3) is 0.737. The maximum Gasteiger partial charge on any atom is 0.338 e. The molecule has 130 valence electrons. The second-order valence-corrected chi connectivity index (χ2v) is 7.49. The molecule has 2 rings (SSSR count). The molecule has 0 spiro atoms. The summed E-state index contributed by atoms with van der Waals surface area (Å²) >= 11 is 0. The van der Waals surface area contributed by atoms with Gasteiger partial charge in [-0.2, -0.15) is 0 Å². The zero-order valence-electron chi connectivity index (χ0n) is 15.0. The molecule has 4 nitrogen and oxygen atoms in total. The molecule has 0 saturated heterocycles. The molecule has 0 aromatic heterocycles. The monoisotopic (exact) mass is 322 g/mol. The molecule has 0 aliphatic heterocycles. The lowest BCUT2D eigenvalue weighted by Gasteiger charge is -2.37. The molecular formula is C19H30O4. The lowest BCUT2D eigenvalue weighted by molar-refractivity contribution is -0.152. The lowest BCUT2D eigenvalue weighted by Crippen LogP contribution is -2.37. The number of methoxy groups -OCH3 is 1. The Balaban J connectivity index is 2.15. The number of esters is 1. The Kier molecular flexibility index (Phi) is 5.77. The normalized spacial score (nSPS) is 31.8. The highest BCUT2D eigenvalue weighted by Gasteiger charge is 2.36. The van der Waals surface area contributed by atoms with Gasteiger partial charge in [0, 0.05) is 12.5 Å². The van der Waals surface area contributed by atoms with Crippen molar-refractivity contribution in [3.05, 3.63) is 23.2 Å². The molecule has 0 amide bonds. The van der Waals surface area contributed by atoms with Crippen molar-refractivity contribution >= 4 is 5.97 Å². The van der Waals surface area contributed by atoms with Crippen molar-refractivity contribution in [1.29, 1.82) is 0 Å². The summed E-state index contributed by atoms with van der Waals surface area (Å²) in [6.45, 7) is 8.51. The molecule has 4 atom stereocenters. The maximum atomic E-state index is 12.6. The van der Waals surface area contributed by atoms with Crippen molar-refractivity contribution in [3.8, 4) is 0 Å². The van der Waals surface area contributed by atoms with Crippen LogP contribution >= 0.6 is 0 Å². The summed E-state index contributed by atoms with van der Waals surface area (Å²) in [6.07, 6.45) is 5.30. The van der Waals surface area contributed by atoms with Crippen LogP contribution in [0.5, 0.6) is 0 Å². The van der Waals surface area contributed by atoms with Gasteiger partial charge < -0.3 is 14.6 Å². The topological polar surface area (TPSA) is 55.8 Å². The van der Waals surface area contributed by atoms with Gasteiger partial charge in [-0.25, -0.2) is 4.79 Å². The van der Waals surface area contributed by atoms with E-state index < -0.39 is 0 Å². The highest BCUT2D eigenvalue weighted by Crippen LogP contribution is 2.37. The summed E-state index contributed by atoms with van der Waals surface area (Å²) in [5, 5.41) is 10.2. The maximum absolute atomic E-state index is 12.6. The van der Waals surface area contributed by atoms with Gasteiger partial charge in [0.2, 0.25) is 0 Å². The van der Waals surface area contributed by atoms with Gasteiger partial charge in [0.05, 0.1) is 18.4 Å². The average Bonchev–Trinajstić information content (AvgIpc) is 2.45. The standard InChI is InChI=1S/C19H30O4/c1-11(2)15-7-6-12(3)8-17(15)23-19(21)18-13(4)9-14(22-5)10-16(18)20/h10-13,15,17,20H,6-9H2,1-5H3/t12-,13+,15+,17-/m1/s1. The van der Waals surface area contributed by atoms with Gasteiger partial charge in [-0.15, -0.1) is 0 Å². The molecule has 2 aliphatic rings. The molecule has 0 unspecified atom stereocenters. The minimum absolute atomic E-state index is 0.0180. The molecule has 0 aromatic carbocycles. The fourth-order valence-electron chi connectivity index (χ4n) is 3.84. The van der Waals surface area contributed by atoms with Crippen molar-refractivity contribution in [2.24, 2.45) is 23.7 Å². The van der Waals surface area contributed by atoms with Crippen molar-refractivity contribution in [2.45, 2.75) is 59.5 Å². The smallest absolute Gasteiger partial charge is 0.338 e. The fourth-order valence-corrected chi connectivity index (χ4v) is 3.84. The first kappa shape index (κ1) is 17.9. The zero-order chi connectivity index (χ0) is 17.1. The minimum Gasteiger partial charge on any atom is -0.507 e. The minimum atomic E-state index is -0.369. The Hall–Kier alpha value is -1.45. The van der Waals surface area contributed by atoms with Gasteiger partial charge in [0.15, 0.2) is 0 Å². The summed E-state index contributed by atoms with van der Waals surface area (Å²) in [7, 11) is 1.58. The number of carbonyl (C=O) groups excluding carboxylic acids is 1. The highest BCUT2D eigenvalue weighted by atomic mass is 16.5. The van der Waals surface area contributed by atoms with Gasteiger partial charge in [-0.3, -0.25) is 0 Å². The van der Waals surface area contributed by atoms with E-state index in [4.69, 9.17) is 9.47 Å². The van der Waals surface area contributed by atoms with E-state index >= 15 is 0 Å². The third-order valence-corrected chi connectivity index (χ3v) is 5.28. The van der Waals surface area contributed by atoms with Crippen molar-refractivity contribution in [2.75, 3.05) is 7.11 Å². The van der Waals surface area contributed by atoms with Crippen LogP contribution in [0.2, 0.25) is 0 Å². The van der Waals surface area contributed by atoms with Crippen LogP contribution in [0.4, 0.5) is 0 Å². The van der Waals surface area contributed by atoms with Gasteiger partial charge in [-0.05, 0) is 36.5 Å². The number of aliphatic hydroxyl groups excluding tert-OH is 1. The first-order valence-corrected chi connectivity index (χ1v) is 8.72. The van der Waals surface area contributed by atoms with E-state index in [2.05, 4.69) is 20.8 Å². The Morgan fingerprint density at radius 1 is 1.30 bits per heavy atom. The van der Waals surface area contributed by atoms with Crippen molar-refractivity contribution in [3.63, 3.8) is 0 Å². The third kappa shape index (κ3) is 4.10. The third-order valence-electron chi connectivity index (χ3n) is 5.28. The van der Waals surface area contributed by atoms with Crippen LogP contribution in [-0.2, 0) is 14.3 Å². The van der Waals surface area contributed by atoms with E-state index in [0.29, 0.717) is 35.5 Å². The predicted octanol–water partition coefficient (Wildman–Crippen LogP) is 4.37. The predicted molar refractivity (Wildman–Crippen MR) is 89.8 cm³/mol. The van der Waals surface area contributed by atoms with E-state index in [0.717, 1.165) is 12.8 Å². The molecule has 0 radical (unpaired) electrons. The molecule has 1 N–H and O–H groups in total. The van der Waals surface area contributed by atoms with Crippen LogP contribution in [0.25, 0.3) is 0 Å². The molecular weight excluding hydrogens is 292 g/mol. The molecule has 0 bridgehead atoms. The average molecular weight is 322 g/mol. The molecule has 2 aliphatic carbocycles. The number of ether oxygens (including phenoxy) is 2. The van der Waals surface area contributed by atoms with Crippen LogP contribution in [0.3, 0.4) is 0 Å². The number of allylic oxidation sites excluding steroid dienone is 2. The molecule has 1 saturated carbocycles. The molecule has 4 heteroatoms. The van der Waals surface area contributed by atoms with Crippen LogP contribution < -0.4 is 0 Å². The van der Waals surface area contributed by atoms with E-state index in [1.165, 1.54) is 12.5 Å². The summed E-state index contributed by atoms with van der Waals surface area (Å²) < 4.78 is 11.0. The molecule has 0 aromatic rings. The van der Waals surface area contributed by atoms with E-state index in [1.54, 1.807) is 7.11 Å². The van der Waals surface area contributed by atoms with Gasteiger partial charge in [-0.1, -0.05) is 34.1 Å². The highest BCUT2D eigenvalue weighted by molar-refractivity contribution is 5.90. The van der Waals surface area contributed by atoms with Crippen molar-refractivity contribution < 1.29 is 19.4 Å². The lowest BCUT2D eigenvalue weighted by atomic mass is 9.75. The van der Waals surface area contributed by atoms with Crippen LogP contribution in [-0.4, -0.2) is 24.3 Å². The number of aliphatic hydroxyl groups is 1. The Morgan fingerprint density at radius 3 is 2.57 bits per heavy atom. The molecule has 23 heavy (non-hydrogen) atoms. The zero-order valence-corrected chi connectivity index (χ0v) is 15.0. The van der Waals surface area contributed by atoms with E-state index in [-0.39, 0.29) is 23.8 Å².